The second-order valence-electron chi connectivity index (χ2n) is 6.16. The molecule has 0 radical (unpaired) electrons. The molecule has 22 heavy (non-hydrogen) atoms. The van der Waals surface area contributed by atoms with Crippen molar-refractivity contribution >= 4 is 0 Å². The monoisotopic (exact) mass is 314 g/mol. The largest absolute Gasteiger partial charge is 0.476 e. The van der Waals surface area contributed by atoms with E-state index in [1.807, 2.05) is 6.08 Å². The Bertz CT molecular complexity index is 229. The molecule has 0 aliphatic rings. The van der Waals surface area contributed by atoms with Crippen LogP contribution in [-0.2, 0) is 9.47 Å². The highest BCUT2D eigenvalue weighted by molar-refractivity contribution is 4.77. The molecule has 132 valence electrons. The van der Waals surface area contributed by atoms with Crippen LogP contribution in [0.2, 0.25) is 0 Å². The molecular weight excluding hydrogens is 276 g/mol. The highest BCUT2D eigenvalue weighted by Crippen LogP contribution is 2.13. The second-order valence-corrected chi connectivity index (χ2v) is 6.16. The number of aliphatic hydroxyl groups excluding tert-OH is 1. The fourth-order valence-corrected chi connectivity index (χ4v) is 2.55. The van der Waals surface area contributed by atoms with Gasteiger partial charge in [0, 0.05) is 7.11 Å². The number of ether oxygens (including phenoxy) is 2. The first kappa shape index (κ1) is 21.5. The van der Waals surface area contributed by atoms with Crippen LogP contribution in [-0.4, -0.2) is 25.1 Å². The molecule has 3 nitrogen and oxygen atoms in total. The zero-order valence-electron chi connectivity index (χ0n) is 14.9. The van der Waals surface area contributed by atoms with Gasteiger partial charge in [0.2, 0.25) is 0 Å². The maximum atomic E-state index is 9.81. The van der Waals surface area contributed by atoms with Gasteiger partial charge in [0.05, 0.1) is 12.4 Å². The van der Waals surface area contributed by atoms with Crippen molar-refractivity contribution in [3.8, 4) is 0 Å². The molecule has 0 aliphatic heterocycles. The van der Waals surface area contributed by atoms with E-state index in [0.29, 0.717) is 6.42 Å². The second kappa shape index (κ2) is 18.5. The van der Waals surface area contributed by atoms with Gasteiger partial charge in [-0.3, -0.25) is 0 Å². The maximum Gasteiger partial charge on any atom is 0.187 e. The van der Waals surface area contributed by atoms with E-state index in [1.54, 1.807) is 13.4 Å². The summed E-state index contributed by atoms with van der Waals surface area (Å²) in [5.41, 5.74) is 0. The van der Waals surface area contributed by atoms with Crippen LogP contribution in [0.1, 0.15) is 90.4 Å². The molecule has 0 aromatic carbocycles. The Morgan fingerprint density at radius 1 is 0.864 bits per heavy atom. The minimum absolute atomic E-state index is 0.235. The Labute approximate surface area is 138 Å². The van der Waals surface area contributed by atoms with E-state index in [0.717, 1.165) is 12.8 Å². The van der Waals surface area contributed by atoms with Crippen molar-refractivity contribution in [3.05, 3.63) is 12.3 Å². The van der Waals surface area contributed by atoms with Gasteiger partial charge in [-0.05, 0) is 18.9 Å². The third kappa shape index (κ3) is 17.5. The van der Waals surface area contributed by atoms with Crippen LogP contribution in [0, 0.1) is 0 Å². The SMILES string of the molecule is CCCCCCCCCCCCC[C@@H](O)C/C=C/OCOC. The Morgan fingerprint density at radius 3 is 1.95 bits per heavy atom. The standard InChI is InChI=1S/C19H38O3/c1-3-4-5-6-7-8-9-10-11-12-13-15-19(20)16-14-17-22-18-21-2/h14,17,19-20H,3-13,15-16,18H2,1-2H3/b17-14+/t19-/m1/s1. The smallest absolute Gasteiger partial charge is 0.187 e. The van der Waals surface area contributed by atoms with E-state index in [9.17, 15) is 5.11 Å². The van der Waals surface area contributed by atoms with Crippen LogP contribution in [0.5, 0.6) is 0 Å². The molecule has 0 aromatic rings. The summed E-state index contributed by atoms with van der Waals surface area (Å²) < 4.78 is 9.79. The molecule has 0 aromatic heterocycles. The Morgan fingerprint density at radius 2 is 1.41 bits per heavy atom. The first-order valence-electron chi connectivity index (χ1n) is 9.24. The number of rotatable bonds is 17. The van der Waals surface area contributed by atoms with Crippen molar-refractivity contribution in [1.82, 2.24) is 0 Å². The van der Waals surface area contributed by atoms with Gasteiger partial charge < -0.3 is 14.6 Å². The highest BCUT2D eigenvalue weighted by atomic mass is 16.7. The van der Waals surface area contributed by atoms with Crippen molar-refractivity contribution in [2.45, 2.75) is 96.5 Å². The molecule has 0 heterocycles. The average molecular weight is 315 g/mol. The average Bonchev–Trinajstić information content (AvgIpc) is 2.52. The number of unbranched alkanes of at least 4 members (excludes halogenated alkanes) is 10. The van der Waals surface area contributed by atoms with Gasteiger partial charge in [-0.25, -0.2) is 0 Å². The van der Waals surface area contributed by atoms with Gasteiger partial charge in [-0.1, -0.05) is 77.6 Å². The third-order valence-electron chi connectivity index (χ3n) is 3.93. The van der Waals surface area contributed by atoms with Gasteiger partial charge in [-0.2, -0.15) is 0 Å². The number of methoxy groups -OCH3 is 1. The number of hydrogen-bond donors (Lipinski definition) is 1. The van der Waals surface area contributed by atoms with Crippen LogP contribution in [0.25, 0.3) is 0 Å². The lowest BCUT2D eigenvalue weighted by Crippen LogP contribution is -2.04. The summed E-state index contributed by atoms with van der Waals surface area (Å²) in [6, 6.07) is 0. The van der Waals surface area contributed by atoms with Crippen LogP contribution < -0.4 is 0 Å². The molecule has 0 unspecified atom stereocenters. The van der Waals surface area contributed by atoms with Gasteiger partial charge in [0.1, 0.15) is 0 Å². The third-order valence-corrected chi connectivity index (χ3v) is 3.93. The first-order valence-corrected chi connectivity index (χ1v) is 9.24. The zero-order chi connectivity index (χ0) is 16.3. The zero-order valence-corrected chi connectivity index (χ0v) is 14.9. The summed E-state index contributed by atoms with van der Waals surface area (Å²) >= 11 is 0. The van der Waals surface area contributed by atoms with E-state index in [1.165, 1.54) is 64.2 Å². The molecule has 0 spiro atoms. The van der Waals surface area contributed by atoms with E-state index in [2.05, 4.69) is 6.92 Å². The molecule has 0 saturated carbocycles. The van der Waals surface area contributed by atoms with Crippen molar-refractivity contribution in [1.29, 1.82) is 0 Å². The van der Waals surface area contributed by atoms with E-state index in [-0.39, 0.29) is 12.9 Å². The Kier molecular flexibility index (Phi) is 18.1. The van der Waals surface area contributed by atoms with E-state index in [4.69, 9.17) is 9.47 Å². The van der Waals surface area contributed by atoms with Gasteiger partial charge >= 0.3 is 0 Å². The molecule has 1 N–H and O–H groups in total. The number of hydrogen-bond acceptors (Lipinski definition) is 3. The maximum absolute atomic E-state index is 9.81. The van der Waals surface area contributed by atoms with Crippen molar-refractivity contribution in [2.24, 2.45) is 0 Å². The molecule has 0 aliphatic carbocycles. The fourth-order valence-electron chi connectivity index (χ4n) is 2.55. The summed E-state index contributed by atoms with van der Waals surface area (Å²) in [4.78, 5) is 0. The molecule has 0 bridgehead atoms. The quantitative estimate of drug-likeness (QED) is 0.217. The topological polar surface area (TPSA) is 38.7 Å². The predicted molar refractivity (Wildman–Crippen MR) is 93.8 cm³/mol. The predicted octanol–water partition coefficient (Wildman–Crippen LogP) is 5.57. The summed E-state index contributed by atoms with van der Waals surface area (Å²) in [6.45, 7) is 2.54. The molecule has 0 amide bonds. The van der Waals surface area contributed by atoms with Crippen LogP contribution in [0.4, 0.5) is 0 Å². The normalized spacial score (nSPS) is 12.9. The fraction of sp³-hybridized carbons (Fsp3) is 0.895. The minimum atomic E-state index is -0.235. The van der Waals surface area contributed by atoms with Gasteiger partial charge in [-0.15, -0.1) is 0 Å². The van der Waals surface area contributed by atoms with Crippen LogP contribution in [0.3, 0.4) is 0 Å². The van der Waals surface area contributed by atoms with Crippen LogP contribution in [0.15, 0.2) is 12.3 Å². The molecule has 0 rings (SSSR count). The summed E-state index contributed by atoms with van der Waals surface area (Å²) in [5, 5.41) is 9.81. The molecule has 0 saturated heterocycles. The summed E-state index contributed by atoms with van der Waals surface area (Å²) in [7, 11) is 1.59. The van der Waals surface area contributed by atoms with Crippen LogP contribution >= 0.6 is 0 Å². The van der Waals surface area contributed by atoms with Crippen molar-refractivity contribution < 1.29 is 14.6 Å². The molecular formula is C19H38O3. The number of aliphatic hydroxyl groups is 1. The van der Waals surface area contributed by atoms with E-state index >= 15 is 0 Å². The molecule has 1 atom stereocenters. The lowest BCUT2D eigenvalue weighted by Gasteiger charge is -2.07. The van der Waals surface area contributed by atoms with Crippen molar-refractivity contribution in [2.75, 3.05) is 13.9 Å². The Balaban J connectivity index is 3.16. The highest BCUT2D eigenvalue weighted by Gasteiger charge is 2.01. The van der Waals surface area contributed by atoms with Gasteiger partial charge in [0.15, 0.2) is 6.79 Å². The summed E-state index contributed by atoms with van der Waals surface area (Å²) in [6.07, 6.45) is 19.6. The lowest BCUT2D eigenvalue weighted by atomic mass is 10.0. The lowest BCUT2D eigenvalue weighted by molar-refractivity contribution is 0.0192. The first-order chi connectivity index (χ1) is 10.8. The molecule has 0 fully saturated rings. The van der Waals surface area contributed by atoms with Crippen molar-refractivity contribution in [3.63, 3.8) is 0 Å². The minimum Gasteiger partial charge on any atom is -0.476 e. The molecule has 3 heteroatoms. The van der Waals surface area contributed by atoms with E-state index < -0.39 is 0 Å². The Hall–Kier alpha value is -0.540. The van der Waals surface area contributed by atoms with Gasteiger partial charge in [0.25, 0.3) is 0 Å². The summed E-state index contributed by atoms with van der Waals surface area (Å²) in [5.74, 6) is 0.